The maximum Gasteiger partial charge on any atom is 0.250 e. The molecule has 4 nitrogen and oxygen atoms in total. The smallest absolute Gasteiger partial charge is 0.250 e. The molecule has 0 aromatic carbocycles. The van der Waals surface area contributed by atoms with Gasteiger partial charge in [-0.3, -0.25) is 4.79 Å². The van der Waals surface area contributed by atoms with Crippen LogP contribution in [-0.4, -0.2) is 22.8 Å². The molecule has 0 aliphatic heterocycles. The fourth-order valence-electron chi connectivity index (χ4n) is 1.31. The van der Waals surface area contributed by atoms with E-state index in [0.717, 1.165) is 12.1 Å². The molecule has 4 heteroatoms. The van der Waals surface area contributed by atoms with Gasteiger partial charge in [-0.15, -0.1) is 0 Å². The third-order valence-electron chi connectivity index (χ3n) is 3.04. The Bertz CT molecular complexity index is 394. The molecule has 1 aromatic heterocycles. The van der Waals surface area contributed by atoms with Crippen molar-refractivity contribution in [3.05, 3.63) is 28.7 Å². The Morgan fingerprint density at radius 1 is 1.50 bits per heavy atom. The van der Waals surface area contributed by atoms with E-state index in [-0.39, 0.29) is 17.6 Å². The highest BCUT2D eigenvalue weighted by Crippen LogP contribution is 2.20. The van der Waals surface area contributed by atoms with Crippen molar-refractivity contribution in [3.8, 4) is 0 Å². The van der Waals surface area contributed by atoms with Gasteiger partial charge in [0.15, 0.2) is 0 Å². The summed E-state index contributed by atoms with van der Waals surface area (Å²) < 4.78 is 1.53. The van der Waals surface area contributed by atoms with Crippen LogP contribution in [0.5, 0.6) is 0 Å². The van der Waals surface area contributed by atoms with Gasteiger partial charge in [0.1, 0.15) is 0 Å². The van der Waals surface area contributed by atoms with E-state index < -0.39 is 0 Å². The van der Waals surface area contributed by atoms with Gasteiger partial charge in [0.25, 0.3) is 0 Å². The lowest BCUT2D eigenvalue weighted by Crippen LogP contribution is -2.30. The lowest BCUT2D eigenvalue weighted by Gasteiger charge is -2.26. The van der Waals surface area contributed by atoms with Crippen LogP contribution in [0.25, 0.3) is 0 Å². The molecule has 0 radical (unpaired) electrons. The van der Waals surface area contributed by atoms with Crippen LogP contribution >= 0.6 is 0 Å². The number of aromatic nitrogens is 1. The van der Waals surface area contributed by atoms with E-state index in [1.54, 1.807) is 19.3 Å². The van der Waals surface area contributed by atoms with Crippen LogP contribution in [0, 0.1) is 5.41 Å². The van der Waals surface area contributed by atoms with E-state index in [0.29, 0.717) is 6.54 Å². The first-order valence-corrected chi connectivity index (χ1v) is 5.52. The summed E-state index contributed by atoms with van der Waals surface area (Å²) in [7, 11) is 1.72. The van der Waals surface area contributed by atoms with Gasteiger partial charge < -0.3 is 15.0 Å². The number of rotatable bonds is 5. The molecule has 2 N–H and O–H groups in total. The van der Waals surface area contributed by atoms with Crippen molar-refractivity contribution >= 4 is 5.69 Å². The zero-order chi connectivity index (χ0) is 12.2. The molecule has 1 heterocycles. The Balaban J connectivity index is 2.68. The van der Waals surface area contributed by atoms with Crippen molar-refractivity contribution in [1.29, 1.82) is 0 Å². The van der Waals surface area contributed by atoms with Crippen LogP contribution in [-0.2, 0) is 7.05 Å². The average Bonchev–Trinajstić information content (AvgIpc) is 2.30. The number of nitrogens with zero attached hydrogens (tertiary/aromatic N) is 1. The van der Waals surface area contributed by atoms with Crippen LogP contribution in [0.2, 0.25) is 0 Å². The summed E-state index contributed by atoms with van der Waals surface area (Å²) in [4.78, 5) is 11.2. The van der Waals surface area contributed by atoms with E-state index in [1.807, 2.05) is 6.92 Å². The average molecular weight is 224 g/mol. The Morgan fingerprint density at radius 3 is 2.69 bits per heavy atom. The number of pyridine rings is 1. The van der Waals surface area contributed by atoms with E-state index in [4.69, 9.17) is 0 Å². The first-order valence-electron chi connectivity index (χ1n) is 5.52. The van der Waals surface area contributed by atoms with Crippen LogP contribution < -0.4 is 10.9 Å². The monoisotopic (exact) mass is 224 g/mol. The first kappa shape index (κ1) is 12.8. The van der Waals surface area contributed by atoms with Crippen molar-refractivity contribution in [2.75, 3.05) is 18.5 Å². The minimum Gasteiger partial charge on any atom is -0.396 e. The van der Waals surface area contributed by atoms with Crippen LogP contribution in [0.15, 0.2) is 23.1 Å². The highest BCUT2D eigenvalue weighted by atomic mass is 16.3. The molecule has 1 aromatic rings. The number of nitrogens with one attached hydrogen (secondary N) is 1. The lowest BCUT2D eigenvalue weighted by molar-refractivity contribution is 0.149. The molecule has 1 atom stereocenters. The molecule has 0 saturated carbocycles. The normalized spacial score (nSPS) is 14.5. The maximum absolute atomic E-state index is 11.2. The molecule has 90 valence electrons. The molecule has 0 spiro atoms. The molecule has 0 bridgehead atoms. The Morgan fingerprint density at radius 2 is 2.19 bits per heavy atom. The molecule has 1 rings (SSSR count). The molecule has 0 aliphatic carbocycles. The summed E-state index contributed by atoms with van der Waals surface area (Å²) in [6.07, 6.45) is 2.66. The summed E-state index contributed by atoms with van der Waals surface area (Å²) in [5.74, 6) is 0. The maximum atomic E-state index is 11.2. The Hall–Kier alpha value is -1.29. The number of aryl methyl sites for hydroxylation is 1. The van der Waals surface area contributed by atoms with Gasteiger partial charge in [0, 0.05) is 31.3 Å². The van der Waals surface area contributed by atoms with Crippen LogP contribution in [0.1, 0.15) is 20.3 Å². The molecule has 0 fully saturated rings. The van der Waals surface area contributed by atoms with Gasteiger partial charge in [-0.2, -0.15) is 0 Å². The highest BCUT2D eigenvalue weighted by Gasteiger charge is 2.20. The van der Waals surface area contributed by atoms with E-state index in [9.17, 15) is 9.90 Å². The molecule has 1 unspecified atom stereocenters. The van der Waals surface area contributed by atoms with Gasteiger partial charge in [0.2, 0.25) is 5.56 Å². The number of anilines is 1. The minimum atomic E-state index is -0.116. The number of hydrogen-bond acceptors (Lipinski definition) is 3. The second kappa shape index (κ2) is 5.16. The zero-order valence-electron chi connectivity index (χ0n) is 10.2. The van der Waals surface area contributed by atoms with Gasteiger partial charge in [-0.1, -0.05) is 13.8 Å². The predicted octanol–water partition coefficient (Wildman–Crippen LogP) is 1.21. The van der Waals surface area contributed by atoms with E-state index in [1.165, 1.54) is 10.6 Å². The third kappa shape index (κ3) is 3.10. The summed E-state index contributed by atoms with van der Waals surface area (Å²) in [5.41, 5.74) is 0.760. The quantitative estimate of drug-likeness (QED) is 0.790. The highest BCUT2D eigenvalue weighted by molar-refractivity contribution is 5.40. The van der Waals surface area contributed by atoms with Gasteiger partial charge in [-0.25, -0.2) is 0 Å². The van der Waals surface area contributed by atoms with Crippen molar-refractivity contribution < 1.29 is 5.11 Å². The summed E-state index contributed by atoms with van der Waals surface area (Å²) in [6.45, 7) is 4.93. The number of aliphatic hydroxyl groups excluding tert-OH is 1. The van der Waals surface area contributed by atoms with E-state index in [2.05, 4.69) is 12.2 Å². The SMILES string of the molecule is CCC(C)(CO)CNc1ccc(=O)n(C)c1. The second-order valence-corrected chi connectivity index (χ2v) is 4.54. The van der Waals surface area contributed by atoms with Crippen LogP contribution in [0.4, 0.5) is 5.69 Å². The fraction of sp³-hybridized carbons (Fsp3) is 0.583. The largest absolute Gasteiger partial charge is 0.396 e. The second-order valence-electron chi connectivity index (χ2n) is 4.54. The Kier molecular flexibility index (Phi) is 4.12. The summed E-state index contributed by atoms with van der Waals surface area (Å²) in [6, 6.07) is 3.29. The van der Waals surface area contributed by atoms with Crippen molar-refractivity contribution in [2.24, 2.45) is 12.5 Å². The van der Waals surface area contributed by atoms with Gasteiger partial charge >= 0.3 is 0 Å². The fourth-order valence-corrected chi connectivity index (χ4v) is 1.31. The van der Waals surface area contributed by atoms with Gasteiger partial charge in [0.05, 0.1) is 12.3 Å². The minimum absolute atomic E-state index is 0.0223. The molecule has 16 heavy (non-hydrogen) atoms. The third-order valence-corrected chi connectivity index (χ3v) is 3.04. The lowest BCUT2D eigenvalue weighted by atomic mass is 9.88. The topological polar surface area (TPSA) is 54.3 Å². The standard InChI is InChI=1S/C12H20N2O2/c1-4-12(2,9-15)8-13-10-5-6-11(16)14(3)7-10/h5-7,13,15H,4,8-9H2,1-3H3. The molecule has 0 aliphatic rings. The van der Waals surface area contributed by atoms with Crippen LogP contribution in [0.3, 0.4) is 0 Å². The molecule has 0 amide bonds. The van der Waals surface area contributed by atoms with Gasteiger partial charge in [-0.05, 0) is 12.5 Å². The molecule has 0 saturated heterocycles. The summed E-state index contributed by atoms with van der Waals surface area (Å²) >= 11 is 0. The number of hydrogen-bond donors (Lipinski definition) is 2. The summed E-state index contributed by atoms with van der Waals surface area (Å²) in [5, 5.41) is 12.5. The zero-order valence-corrected chi connectivity index (χ0v) is 10.2. The first-order chi connectivity index (χ1) is 7.50. The molecular weight excluding hydrogens is 204 g/mol. The molecular formula is C12H20N2O2. The number of aliphatic hydroxyl groups is 1. The van der Waals surface area contributed by atoms with Crippen molar-refractivity contribution in [1.82, 2.24) is 4.57 Å². The van der Waals surface area contributed by atoms with E-state index >= 15 is 0 Å². The van der Waals surface area contributed by atoms with Crippen molar-refractivity contribution in [3.63, 3.8) is 0 Å². The Labute approximate surface area is 95.9 Å². The predicted molar refractivity (Wildman–Crippen MR) is 65.7 cm³/mol. The van der Waals surface area contributed by atoms with Crippen molar-refractivity contribution in [2.45, 2.75) is 20.3 Å².